The molecule has 1 aliphatic heterocycles. The molecule has 0 saturated carbocycles. The van der Waals surface area contributed by atoms with Crippen LogP contribution in [0.5, 0.6) is 0 Å². The van der Waals surface area contributed by atoms with Crippen LogP contribution in [-0.4, -0.2) is 60.2 Å². The van der Waals surface area contributed by atoms with Gasteiger partial charge >= 0.3 is 0 Å². The van der Waals surface area contributed by atoms with E-state index in [1.807, 2.05) is 35.4 Å². The maximum absolute atomic E-state index is 13.4. The summed E-state index contributed by atoms with van der Waals surface area (Å²) in [5.74, 6) is 0.324. The Balaban J connectivity index is 1.27. The van der Waals surface area contributed by atoms with E-state index >= 15 is 0 Å². The number of nitrogen functional groups attached to an aromatic ring is 1. The van der Waals surface area contributed by atoms with Crippen LogP contribution in [0.3, 0.4) is 0 Å². The van der Waals surface area contributed by atoms with Crippen molar-refractivity contribution in [3.05, 3.63) is 100.0 Å². The zero-order valence-electron chi connectivity index (χ0n) is 25.8. The highest BCUT2D eigenvalue weighted by atomic mass is 16.2. The minimum atomic E-state index is -0.651. The van der Waals surface area contributed by atoms with Gasteiger partial charge in [-0.05, 0) is 61.7 Å². The Bertz CT molecular complexity index is 2010. The molecule has 0 atom stereocenters. The number of piperidine rings is 1. The van der Waals surface area contributed by atoms with Gasteiger partial charge < -0.3 is 16.0 Å². The van der Waals surface area contributed by atoms with Crippen molar-refractivity contribution in [3.63, 3.8) is 0 Å². The fourth-order valence-electron chi connectivity index (χ4n) is 6.06. The minimum absolute atomic E-state index is 0.0337. The van der Waals surface area contributed by atoms with Crippen LogP contribution in [0.4, 0.5) is 11.5 Å². The van der Waals surface area contributed by atoms with Crippen LogP contribution in [-0.2, 0) is 4.79 Å². The normalized spacial score (nSPS) is 13.7. The molecule has 12 heteroatoms. The first-order valence-corrected chi connectivity index (χ1v) is 15.1. The van der Waals surface area contributed by atoms with E-state index in [0.29, 0.717) is 47.9 Å². The molecule has 2 amide bonds. The first-order valence-electron chi connectivity index (χ1n) is 15.1. The summed E-state index contributed by atoms with van der Waals surface area (Å²) in [4.78, 5) is 61.4. The van der Waals surface area contributed by atoms with Gasteiger partial charge in [-0.3, -0.25) is 23.7 Å². The Morgan fingerprint density at radius 2 is 1.78 bits per heavy atom. The maximum Gasteiger partial charge on any atom is 0.269 e. The van der Waals surface area contributed by atoms with Crippen LogP contribution in [0, 0.1) is 12.8 Å². The number of likely N-dealkylation sites (tertiary alicyclic amines) is 1. The topological polar surface area (TPSA) is 158 Å². The van der Waals surface area contributed by atoms with Gasteiger partial charge in [0.2, 0.25) is 5.91 Å². The summed E-state index contributed by atoms with van der Waals surface area (Å²) < 4.78 is 3.10. The molecule has 6 rings (SSSR count). The number of nitrogens with zero attached hydrogens (tertiary/aromatic N) is 6. The Hall–Kier alpha value is -5.65. The number of carbonyl (C=O) groups is 3. The molecule has 3 N–H and O–H groups in total. The number of fused-ring (bicyclic) bond motifs is 1. The predicted octanol–water partition coefficient (Wildman–Crippen LogP) is 4.26. The summed E-state index contributed by atoms with van der Waals surface area (Å²) in [5.41, 5.74) is 10.0. The molecule has 4 aromatic heterocycles. The number of hydrogen-bond acceptors (Lipinski definition) is 8. The van der Waals surface area contributed by atoms with Gasteiger partial charge in [0, 0.05) is 59.3 Å². The highest BCUT2D eigenvalue weighted by molar-refractivity contribution is 6.05. The second-order valence-corrected chi connectivity index (χ2v) is 11.7. The SMILES string of the molecule is Cc1c(C=O)cc(C(=O)Nc2ccc(-c3cc(C4CCN(C(=O)C(C)C)CC4)n4ncnc(N)c34)cc2)c(=O)n1-c1ccccn1. The molecule has 0 spiro atoms. The van der Waals surface area contributed by atoms with Gasteiger partial charge in [0.15, 0.2) is 12.1 Å². The number of aromatic nitrogens is 5. The molecule has 0 bridgehead atoms. The van der Waals surface area contributed by atoms with Crippen molar-refractivity contribution in [1.29, 1.82) is 0 Å². The van der Waals surface area contributed by atoms with Crippen LogP contribution < -0.4 is 16.6 Å². The Morgan fingerprint density at radius 3 is 2.43 bits per heavy atom. The van der Waals surface area contributed by atoms with Crippen LogP contribution in [0.2, 0.25) is 0 Å². The molecule has 0 aliphatic carbocycles. The quantitative estimate of drug-likeness (QED) is 0.256. The van der Waals surface area contributed by atoms with Gasteiger partial charge in [-0.2, -0.15) is 5.10 Å². The van der Waals surface area contributed by atoms with Gasteiger partial charge in [0.05, 0.1) is 0 Å². The molecular formula is C34H34N8O4. The number of anilines is 2. The molecule has 1 aromatic carbocycles. The van der Waals surface area contributed by atoms with Crippen molar-refractivity contribution in [3.8, 4) is 16.9 Å². The van der Waals surface area contributed by atoms with E-state index in [2.05, 4.69) is 26.4 Å². The first kappa shape index (κ1) is 30.4. The van der Waals surface area contributed by atoms with Crippen molar-refractivity contribution in [1.82, 2.24) is 29.0 Å². The van der Waals surface area contributed by atoms with E-state index in [9.17, 15) is 19.2 Å². The summed E-state index contributed by atoms with van der Waals surface area (Å²) in [6.07, 6.45) is 5.21. The minimum Gasteiger partial charge on any atom is -0.382 e. The second kappa shape index (κ2) is 12.4. The monoisotopic (exact) mass is 618 g/mol. The lowest BCUT2D eigenvalue weighted by molar-refractivity contribution is -0.135. The fraction of sp³-hybridized carbons (Fsp3) is 0.265. The molecule has 12 nitrogen and oxygen atoms in total. The van der Waals surface area contributed by atoms with Gasteiger partial charge in [-0.1, -0.05) is 32.0 Å². The van der Waals surface area contributed by atoms with Gasteiger partial charge in [-0.25, -0.2) is 14.5 Å². The summed E-state index contributed by atoms with van der Waals surface area (Å²) in [6, 6.07) is 15.6. The molecule has 46 heavy (non-hydrogen) atoms. The third-order valence-electron chi connectivity index (χ3n) is 8.52. The highest BCUT2D eigenvalue weighted by Crippen LogP contribution is 2.37. The Kier molecular flexibility index (Phi) is 8.18. The number of aldehydes is 1. The Labute approximate surface area is 264 Å². The van der Waals surface area contributed by atoms with E-state index < -0.39 is 11.5 Å². The van der Waals surface area contributed by atoms with Crippen molar-refractivity contribution >= 4 is 35.1 Å². The van der Waals surface area contributed by atoms with Crippen molar-refractivity contribution in [2.24, 2.45) is 5.92 Å². The van der Waals surface area contributed by atoms with E-state index in [0.717, 1.165) is 29.7 Å². The number of pyridine rings is 2. The number of rotatable bonds is 7. The predicted molar refractivity (Wildman–Crippen MR) is 174 cm³/mol. The molecule has 5 aromatic rings. The largest absolute Gasteiger partial charge is 0.382 e. The highest BCUT2D eigenvalue weighted by Gasteiger charge is 2.28. The zero-order valence-corrected chi connectivity index (χ0v) is 25.8. The van der Waals surface area contributed by atoms with Crippen LogP contribution in [0.15, 0.2) is 71.9 Å². The summed E-state index contributed by atoms with van der Waals surface area (Å²) >= 11 is 0. The summed E-state index contributed by atoms with van der Waals surface area (Å²) in [6.45, 7) is 6.83. The number of benzene rings is 1. The third kappa shape index (κ3) is 5.53. The molecule has 0 radical (unpaired) electrons. The number of carbonyl (C=O) groups excluding carboxylic acids is 3. The standard InChI is InChI=1S/C34H34N8O4/c1-20(2)33(45)40-14-11-23(12-15-40)28-17-26(30-31(35)37-19-38-42(28)30)22-7-9-25(10-8-22)39-32(44)27-16-24(18-43)21(3)41(34(27)46)29-6-4-5-13-36-29/h4-10,13,16-20,23H,11-12,14-15H2,1-3H3,(H,39,44)(H2,35,37,38). The number of amides is 2. The molecular weight excluding hydrogens is 584 g/mol. The van der Waals surface area contributed by atoms with E-state index in [1.165, 1.54) is 23.2 Å². The summed E-state index contributed by atoms with van der Waals surface area (Å²) in [5, 5.41) is 7.30. The number of nitrogens with two attached hydrogens (primary N) is 1. The van der Waals surface area contributed by atoms with Crippen molar-refractivity contribution < 1.29 is 14.4 Å². The molecule has 1 saturated heterocycles. The first-order chi connectivity index (χ1) is 22.2. The number of hydrogen-bond donors (Lipinski definition) is 2. The molecule has 1 aliphatic rings. The van der Waals surface area contributed by atoms with E-state index in [4.69, 9.17) is 5.73 Å². The van der Waals surface area contributed by atoms with Gasteiger partial charge in [0.1, 0.15) is 23.2 Å². The van der Waals surface area contributed by atoms with Crippen molar-refractivity contribution in [2.75, 3.05) is 24.1 Å². The molecule has 234 valence electrons. The van der Waals surface area contributed by atoms with Crippen LogP contribution in [0.1, 0.15) is 64.7 Å². The van der Waals surface area contributed by atoms with Crippen LogP contribution in [0.25, 0.3) is 22.5 Å². The number of nitrogens with one attached hydrogen (secondary N) is 1. The van der Waals surface area contributed by atoms with Gasteiger partial charge in [0.25, 0.3) is 11.5 Å². The van der Waals surface area contributed by atoms with Crippen LogP contribution >= 0.6 is 0 Å². The lowest BCUT2D eigenvalue weighted by Gasteiger charge is -2.33. The molecule has 5 heterocycles. The average Bonchev–Trinajstić information content (AvgIpc) is 3.46. The zero-order chi connectivity index (χ0) is 32.5. The van der Waals surface area contributed by atoms with E-state index in [-0.39, 0.29) is 28.9 Å². The smallest absolute Gasteiger partial charge is 0.269 e. The average molecular weight is 619 g/mol. The molecule has 0 unspecified atom stereocenters. The lowest BCUT2D eigenvalue weighted by atomic mass is 9.92. The molecule has 1 fully saturated rings. The maximum atomic E-state index is 13.4. The summed E-state index contributed by atoms with van der Waals surface area (Å²) in [7, 11) is 0. The van der Waals surface area contributed by atoms with E-state index in [1.54, 1.807) is 37.3 Å². The van der Waals surface area contributed by atoms with Crippen molar-refractivity contribution in [2.45, 2.75) is 39.5 Å². The second-order valence-electron chi connectivity index (χ2n) is 11.7. The van der Waals surface area contributed by atoms with Gasteiger partial charge in [-0.15, -0.1) is 0 Å². The Morgan fingerprint density at radius 1 is 1.04 bits per heavy atom. The fourth-order valence-corrected chi connectivity index (χ4v) is 6.06. The lowest BCUT2D eigenvalue weighted by Crippen LogP contribution is -2.40. The third-order valence-corrected chi connectivity index (χ3v) is 8.52.